The zero-order chi connectivity index (χ0) is 18.4. The summed E-state index contributed by atoms with van der Waals surface area (Å²) in [7, 11) is 0. The van der Waals surface area contributed by atoms with Crippen LogP contribution in [0.3, 0.4) is 0 Å². The highest BCUT2D eigenvalue weighted by Gasteiger charge is 2.25. The van der Waals surface area contributed by atoms with E-state index in [2.05, 4.69) is 10.3 Å². The molecule has 1 aliphatic rings. The average Bonchev–Trinajstić information content (AvgIpc) is 3.10. The molecule has 26 heavy (non-hydrogen) atoms. The van der Waals surface area contributed by atoms with Gasteiger partial charge >= 0.3 is 5.97 Å². The summed E-state index contributed by atoms with van der Waals surface area (Å²) in [5.41, 5.74) is 1.38. The Morgan fingerprint density at radius 1 is 1.23 bits per heavy atom. The van der Waals surface area contributed by atoms with Gasteiger partial charge in [0.1, 0.15) is 11.7 Å². The van der Waals surface area contributed by atoms with Crippen molar-refractivity contribution in [1.82, 2.24) is 10.3 Å². The van der Waals surface area contributed by atoms with Crippen molar-refractivity contribution in [1.29, 1.82) is 0 Å². The molecule has 1 aromatic carbocycles. The predicted octanol–water partition coefficient (Wildman–Crippen LogP) is 4.19. The van der Waals surface area contributed by atoms with Crippen molar-refractivity contribution in [3.05, 3.63) is 36.0 Å². The van der Waals surface area contributed by atoms with Crippen molar-refractivity contribution in [3.8, 4) is 0 Å². The van der Waals surface area contributed by atoms with Crippen LogP contribution in [0.25, 0.3) is 10.9 Å². The molecule has 5 heteroatoms. The molecule has 2 N–H and O–H groups in total. The minimum absolute atomic E-state index is 0.261. The fraction of sp³-hybridized carbons (Fsp3) is 0.524. The van der Waals surface area contributed by atoms with E-state index in [0.717, 1.165) is 17.3 Å². The Labute approximate surface area is 154 Å². The van der Waals surface area contributed by atoms with E-state index < -0.39 is 6.04 Å². The number of para-hydroxylation sites is 1. The normalized spacial score (nSPS) is 16.3. The lowest BCUT2D eigenvalue weighted by atomic mass is 9.85. The number of aromatic nitrogens is 1. The molecule has 2 aromatic rings. The number of carbonyl (C=O) groups excluding carboxylic acids is 2. The van der Waals surface area contributed by atoms with Gasteiger partial charge in [0.15, 0.2) is 0 Å². The number of esters is 1. The van der Waals surface area contributed by atoms with E-state index in [4.69, 9.17) is 4.74 Å². The maximum absolute atomic E-state index is 12.6. The molecule has 0 bridgehead atoms. The summed E-state index contributed by atoms with van der Waals surface area (Å²) in [5, 5.41) is 3.85. The zero-order valence-electron chi connectivity index (χ0n) is 15.4. The van der Waals surface area contributed by atoms with Crippen LogP contribution < -0.4 is 5.32 Å². The summed E-state index contributed by atoms with van der Waals surface area (Å²) in [6, 6.07) is 8.96. The van der Waals surface area contributed by atoms with E-state index in [1.807, 2.05) is 30.3 Å². The minimum Gasteiger partial charge on any atom is -0.464 e. The summed E-state index contributed by atoms with van der Waals surface area (Å²) in [5.74, 6) is 0.0568. The first kappa shape index (κ1) is 18.5. The van der Waals surface area contributed by atoms with Gasteiger partial charge in [0, 0.05) is 10.9 Å². The van der Waals surface area contributed by atoms with Gasteiger partial charge in [-0.3, -0.25) is 4.79 Å². The highest BCUT2D eigenvalue weighted by molar-refractivity contribution is 5.99. The van der Waals surface area contributed by atoms with Crippen LogP contribution in [0.2, 0.25) is 0 Å². The summed E-state index contributed by atoms with van der Waals surface area (Å²) < 4.78 is 5.18. The number of fused-ring (bicyclic) bond motifs is 1. The maximum Gasteiger partial charge on any atom is 0.328 e. The molecule has 1 atom stereocenters. The molecule has 1 heterocycles. The van der Waals surface area contributed by atoms with Crippen LogP contribution in [-0.4, -0.2) is 29.5 Å². The van der Waals surface area contributed by atoms with E-state index in [1.165, 1.54) is 32.1 Å². The minimum atomic E-state index is -0.587. The van der Waals surface area contributed by atoms with Gasteiger partial charge in [-0.1, -0.05) is 50.3 Å². The summed E-state index contributed by atoms with van der Waals surface area (Å²) in [6.07, 6.45) is 7.91. The van der Waals surface area contributed by atoms with Crippen LogP contribution in [0.4, 0.5) is 0 Å². The highest BCUT2D eigenvalue weighted by atomic mass is 16.5. The van der Waals surface area contributed by atoms with Crippen molar-refractivity contribution >= 4 is 22.8 Å². The van der Waals surface area contributed by atoms with Crippen LogP contribution in [0, 0.1) is 5.92 Å². The van der Waals surface area contributed by atoms with Gasteiger partial charge in [-0.15, -0.1) is 0 Å². The smallest absolute Gasteiger partial charge is 0.328 e. The molecule has 1 aliphatic carbocycles. The van der Waals surface area contributed by atoms with Gasteiger partial charge in [0.25, 0.3) is 5.91 Å². The lowest BCUT2D eigenvalue weighted by Gasteiger charge is -2.24. The molecule has 1 aromatic heterocycles. The second kappa shape index (κ2) is 8.88. The molecule has 3 rings (SSSR count). The lowest BCUT2D eigenvalue weighted by Crippen LogP contribution is -2.42. The first-order valence-corrected chi connectivity index (χ1v) is 9.72. The molecule has 0 unspecified atom stereocenters. The quantitative estimate of drug-likeness (QED) is 0.731. The number of aromatic amines is 1. The summed E-state index contributed by atoms with van der Waals surface area (Å²) in [4.78, 5) is 28.1. The van der Waals surface area contributed by atoms with Crippen molar-refractivity contribution in [3.63, 3.8) is 0 Å². The van der Waals surface area contributed by atoms with Crippen molar-refractivity contribution < 1.29 is 14.3 Å². The number of hydrogen-bond acceptors (Lipinski definition) is 3. The van der Waals surface area contributed by atoms with Crippen LogP contribution in [-0.2, 0) is 9.53 Å². The zero-order valence-corrected chi connectivity index (χ0v) is 15.4. The predicted molar refractivity (Wildman–Crippen MR) is 102 cm³/mol. The van der Waals surface area contributed by atoms with Crippen LogP contribution in [0.1, 0.15) is 62.4 Å². The molecule has 0 radical (unpaired) electrons. The number of nitrogens with one attached hydrogen (secondary N) is 2. The van der Waals surface area contributed by atoms with Crippen LogP contribution in [0.5, 0.6) is 0 Å². The van der Waals surface area contributed by atoms with E-state index in [-0.39, 0.29) is 11.9 Å². The third-order valence-corrected chi connectivity index (χ3v) is 5.24. The Morgan fingerprint density at radius 2 is 2.00 bits per heavy atom. The molecule has 0 aliphatic heterocycles. The topological polar surface area (TPSA) is 71.2 Å². The maximum atomic E-state index is 12.6. The van der Waals surface area contributed by atoms with Crippen molar-refractivity contribution in [2.45, 2.75) is 57.9 Å². The summed E-state index contributed by atoms with van der Waals surface area (Å²) in [6.45, 7) is 2.11. The van der Waals surface area contributed by atoms with E-state index in [1.54, 1.807) is 6.92 Å². The first-order chi connectivity index (χ1) is 12.7. The van der Waals surface area contributed by atoms with Gasteiger partial charge in [-0.25, -0.2) is 4.79 Å². The van der Waals surface area contributed by atoms with E-state index in [0.29, 0.717) is 24.6 Å². The standard InChI is InChI=1S/C21H28N2O3/c1-2-26-21(25)18(13-12-15-8-4-3-5-9-15)23-20(24)19-14-16-10-6-7-11-17(16)22-19/h6-7,10-11,14-15,18,22H,2-5,8-9,12-13H2,1H3,(H,23,24)/t18-/m0/s1. The van der Waals surface area contributed by atoms with E-state index in [9.17, 15) is 9.59 Å². The number of ether oxygens (including phenoxy) is 1. The molecule has 1 saturated carbocycles. The second-order valence-electron chi connectivity index (χ2n) is 7.13. The van der Waals surface area contributed by atoms with Gasteiger partial charge in [0.05, 0.1) is 6.61 Å². The number of carbonyl (C=O) groups is 2. The van der Waals surface area contributed by atoms with Crippen molar-refractivity contribution in [2.75, 3.05) is 6.61 Å². The van der Waals surface area contributed by atoms with Gasteiger partial charge < -0.3 is 15.0 Å². The van der Waals surface area contributed by atoms with Crippen LogP contribution in [0.15, 0.2) is 30.3 Å². The number of H-pyrrole nitrogens is 1. The van der Waals surface area contributed by atoms with Gasteiger partial charge in [0.2, 0.25) is 0 Å². The molecule has 5 nitrogen and oxygen atoms in total. The molecular formula is C21H28N2O3. The third kappa shape index (κ3) is 4.65. The molecule has 0 saturated heterocycles. The fourth-order valence-electron chi connectivity index (χ4n) is 3.80. The molecule has 0 spiro atoms. The number of hydrogen-bond donors (Lipinski definition) is 2. The molecular weight excluding hydrogens is 328 g/mol. The number of amides is 1. The number of benzene rings is 1. The highest BCUT2D eigenvalue weighted by Crippen LogP contribution is 2.28. The lowest BCUT2D eigenvalue weighted by molar-refractivity contribution is -0.145. The largest absolute Gasteiger partial charge is 0.464 e. The Bertz CT molecular complexity index is 714. The average molecular weight is 356 g/mol. The summed E-state index contributed by atoms with van der Waals surface area (Å²) >= 11 is 0. The SMILES string of the molecule is CCOC(=O)[C@H](CCC1CCCCC1)NC(=O)c1cc2ccccc2[nH]1. The number of rotatable bonds is 7. The monoisotopic (exact) mass is 356 g/mol. The van der Waals surface area contributed by atoms with Gasteiger partial charge in [-0.05, 0) is 37.8 Å². The van der Waals surface area contributed by atoms with Crippen LogP contribution >= 0.6 is 0 Å². The second-order valence-corrected chi connectivity index (χ2v) is 7.13. The first-order valence-electron chi connectivity index (χ1n) is 9.72. The molecule has 1 amide bonds. The van der Waals surface area contributed by atoms with E-state index >= 15 is 0 Å². The molecule has 140 valence electrons. The third-order valence-electron chi connectivity index (χ3n) is 5.24. The van der Waals surface area contributed by atoms with Gasteiger partial charge in [-0.2, -0.15) is 0 Å². The van der Waals surface area contributed by atoms with Crippen molar-refractivity contribution in [2.24, 2.45) is 5.92 Å². The Kier molecular flexibility index (Phi) is 6.31. The Hall–Kier alpha value is -2.30. The Morgan fingerprint density at radius 3 is 2.73 bits per heavy atom. The fourth-order valence-corrected chi connectivity index (χ4v) is 3.80. The molecule has 1 fully saturated rings. The Balaban J connectivity index is 1.65.